The van der Waals surface area contributed by atoms with E-state index in [1.807, 2.05) is 0 Å². The predicted molar refractivity (Wildman–Crippen MR) is 104 cm³/mol. The summed E-state index contributed by atoms with van der Waals surface area (Å²) >= 11 is 0. The molecule has 0 bridgehead atoms. The Bertz CT molecular complexity index is 622. The molecular weight excluding hydrogens is 314 g/mol. The number of rotatable bonds is 4. The molecule has 0 spiro atoms. The molecule has 1 nitrogen and oxygen atoms in total. The summed E-state index contributed by atoms with van der Waals surface area (Å²) in [7, 11) is 0. The Morgan fingerprint density at radius 1 is 0.750 bits per heavy atom. The number of piperidine rings is 1. The van der Waals surface area contributed by atoms with Crippen LogP contribution >= 0.6 is 12.4 Å². The van der Waals surface area contributed by atoms with Crippen molar-refractivity contribution in [2.45, 2.75) is 57.0 Å². The molecule has 24 heavy (non-hydrogen) atoms. The Kier molecular flexibility index (Phi) is 5.97. The van der Waals surface area contributed by atoms with Gasteiger partial charge in [-0.05, 0) is 61.8 Å². The van der Waals surface area contributed by atoms with E-state index in [4.69, 9.17) is 0 Å². The van der Waals surface area contributed by atoms with E-state index >= 15 is 0 Å². The monoisotopic (exact) mass is 341 g/mol. The summed E-state index contributed by atoms with van der Waals surface area (Å²) in [5, 5.41) is 0. The molecule has 2 fully saturated rings. The van der Waals surface area contributed by atoms with Gasteiger partial charge in [0.15, 0.2) is 0 Å². The van der Waals surface area contributed by atoms with Gasteiger partial charge < -0.3 is 0 Å². The molecule has 2 aliphatic heterocycles. The lowest BCUT2D eigenvalue weighted by Gasteiger charge is -2.34. The van der Waals surface area contributed by atoms with Gasteiger partial charge in [-0.2, -0.15) is 0 Å². The first-order valence-electron chi connectivity index (χ1n) is 9.29. The van der Waals surface area contributed by atoms with E-state index in [2.05, 4.69) is 59.5 Å². The molecule has 2 aromatic rings. The Hall–Kier alpha value is -1.31. The van der Waals surface area contributed by atoms with Crippen LogP contribution in [0.2, 0.25) is 0 Å². The number of halogens is 1. The number of hydrogen-bond donors (Lipinski definition) is 0. The van der Waals surface area contributed by atoms with Crippen LogP contribution < -0.4 is 0 Å². The van der Waals surface area contributed by atoms with E-state index in [0.29, 0.717) is 6.04 Å². The van der Waals surface area contributed by atoms with Gasteiger partial charge in [0.05, 0.1) is 0 Å². The lowest BCUT2D eigenvalue weighted by Crippen LogP contribution is -2.35. The van der Waals surface area contributed by atoms with Gasteiger partial charge in [-0.3, -0.25) is 4.90 Å². The van der Waals surface area contributed by atoms with Crippen LogP contribution in [0, 0.1) is 0 Å². The van der Waals surface area contributed by atoms with Gasteiger partial charge in [0.1, 0.15) is 0 Å². The Labute approximate surface area is 152 Å². The summed E-state index contributed by atoms with van der Waals surface area (Å²) in [5.41, 5.74) is 4.44. The first-order chi connectivity index (χ1) is 11.4. The molecule has 2 atom stereocenters. The van der Waals surface area contributed by atoms with Gasteiger partial charge in [-0.15, -0.1) is 12.4 Å². The summed E-state index contributed by atoms with van der Waals surface area (Å²) in [6.45, 7) is 1.31. The van der Waals surface area contributed by atoms with Crippen LogP contribution in [0.25, 0.3) is 0 Å². The molecule has 128 valence electrons. The minimum absolute atomic E-state index is 0. The quantitative estimate of drug-likeness (QED) is 0.701. The van der Waals surface area contributed by atoms with Crippen LogP contribution in [0.15, 0.2) is 54.6 Å². The highest BCUT2D eigenvalue weighted by Crippen LogP contribution is 2.40. The molecule has 2 saturated heterocycles. The third kappa shape index (κ3) is 3.84. The average Bonchev–Trinajstić information content (AvgIpc) is 3.05. The van der Waals surface area contributed by atoms with Crippen LogP contribution in [0.3, 0.4) is 0 Å². The summed E-state index contributed by atoms with van der Waals surface area (Å²) < 4.78 is 0. The van der Waals surface area contributed by atoms with E-state index in [1.165, 1.54) is 55.3 Å². The van der Waals surface area contributed by atoms with Gasteiger partial charge in [-0.25, -0.2) is 0 Å². The van der Waals surface area contributed by atoms with Crippen molar-refractivity contribution in [1.82, 2.24) is 4.90 Å². The zero-order valence-electron chi connectivity index (χ0n) is 14.4. The van der Waals surface area contributed by atoms with Crippen molar-refractivity contribution in [3.05, 3.63) is 71.3 Å². The van der Waals surface area contributed by atoms with Crippen molar-refractivity contribution in [3.63, 3.8) is 0 Å². The zero-order valence-corrected chi connectivity index (χ0v) is 15.2. The van der Waals surface area contributed by atoms with Crippen LogP contribution in [-0.4, -0.2) is 17.5 Å². The Morgan fingerprint density at radius 3 is 2.21 bits per heavy atom. The molecule has 0 N–H and O–H groups in total. The van der Waals surface area contributed by atoms with Crippen LogP contribution in [0.1, 0.15) is 54.8 Å². The molecule has 0 unspecified atom stereocenters. The number of nitrogens with zero attached hydrogens (tertiary/aromatic N) is 1. The fraction of sp³-hybridized carbons (Fsp3) is 0.455. The molecular formula is C22H28ClN. The van der Waals surface area contributed by atoms with Gasteiger partial charge in [0.25, 0.3) is 0 Å². The van der Waals surface area contributed by atoms with E-state index in [0.717, 1.165) is 18.9 Å². The van der Waals surface area contributed by atoms with Crippen molar-refractivity contribution in [1.29, 1.82) is 0 Å². The van der Waals surface area contributed by atoms with E-state index in [1.54, 1.807) is 0 Å². The van der Waals surface area contributed by atoms with Crippen LogP contribution in [0.5, 0.6) is 0 Å². The SMILES string of the molecule is Cl.c1ccc(CCc2ccc([C@@H]3CC[C@@H]4CCCCN43)cc2)cc1. The normalized spacial score (nSPS) is 23.5. The number of hydrogen-bond acceptors (Lipinski definition) is 1. The zero-order chi connectivity index (χ0) is 15.5. The highest BCUT2D eigenvalue weighted by molar-refractivity contribution is 5.85. The Balaban J connectivity index is 0.00000169. The summed E-state index contributed by atoms with van der Waals surface area (Å²) in [5.74, 6) is 0. The van der Waals surface area contributed by atoms with Gasteiger partial charge >= 0.3 is 0 Å². The molecule has 0 aliphatic carbocycles. The fourth-order valence-electron chi connectivity index (χ4n) is 4.46. The first-order valence-corrected chi connectivity index (χ1v) is 9.29. The van der Waals surface area contributed by atoms with Gasteiger partial charge in [-0.1, -0.05) is 61.0 Å². The van der Waals surface area contributed by atoms with Gasteiger partial charge in [0, 0.05) is 12.1 Å². The minimum Gasteiger partial charge on any atom is -0.293 e. The molecule has 2 heteroatoms. The highest BCUT2D eigenvalue weighted by atomic mass is 35.5. The lowest BCUT2D eigenvalue weighted by molar-refractivity contribution is 0.150. The van der Waals surface area contributed by atoms with E-state index in [-0.39, 0.29) is 12.4 Å². The largest absolute Gasteiger partial charge is 0.293 e. The second kappa shape index (κ2) is 8.18. The molecule has 0 amide bonds. The van der Waals surface area contributed by atoms with Crippen LogP contribution in [0.4, 0.5) is 0 Å². The van der Waals surface area contributed by atoms with Crippen molar-refractivity contribution in [3.8, 4) is 0 Å². The molecule has 2 aliphatic rings. The maximum absolute atomic E-state index is 2.78. The van der Waals surface area contributed by atoms with Crippen molar-refractivity contribution in [2.24, 2.45) is 0 Å². The maximum Gasteiger partial charge on any atom is 0.0351 e. The summed E-state index contributed by atoms with van der Waals surface area (Å²) in [6.07, 6.45) is 9.29. The predicted octanol–water partition coefficient (Wildman–Crippen LogP) is 5.58. The number of aryl methyl sites for hydroxylation is 2. The van der Waals surface area contributed by atoms with Crippen molar-refractivity contribution >= 4 is 12.4 Å². The first kappa shape index (κ1) is 17.5. The third-order valence-electron chi connectivity index (χ3n) is 5.76. The number of fused-ring (bicyclic) bond motifs is 1. The van der Waals surface area contributed by atoms with Crippen molar-refractivity contribution < 1.29 is 0 Å². The second-order valence-electron chi connectivity index (χ2n) is 7.21. The van der Waals surface area contributed by atoms with Crippen molar-refractivity contribution in [2.75, 3.05) is 6.54 Å². The molecule has 0 radical (unpaired) electrons. The summed E-state index contributed by atoms with van der Waals surface area (Å²) in [4.78, 5) is 2.78. The molecule has 2 heterocycles. The molecule has 0 aromatic heterocycles. The van der Waals surface area contributed by atoms with Gasteiger partial charge in [0.2, 0.25) is 0 Å². The second-order valence-corrected chi connectivity index (χ2v) is 7.21. The topological polar surface area (TPSA) is 3.24 Å². The lowest BCUT2D eigenvalue weighted by atomic mass is 9.99. The highest BCUT2D eigenvalue weighted by Gasteiger charge is 2.35. The molecule has 2 aromatic carbocycles. The third-order valence-corrected chi connectivity index (χ3v) is 5.76. The minimum atomic E-state index is 0. The fourth-order valence-corrected chi connectivity index (χ4v) is 4.46. The summed E-state index contributed by atoms with van der Waals surface area (Å²) in [6, 6.07) is 21.9. The van der Waals surface area contributed by atoms with E-state index < -0.39 is 0 Å². The molecule has 0 saturated carbocycles. The smallest absolute Gasteiger partial charge is 0.0351 e. The maximum atomic E-state index is 2.78. The average molecular weight is 342 g/mol. The standard InChI is InChI=1S/C22H27N.ClH/c1-2-6-18(7-3-1)9-10-19-11-13-20(14-12-19)22-16-15-21-8-4-5-17-23(21)22;/h1-3,6-7,11-14,21-22H,4-5,8-10,15-17H2;1H/t21-,22-;/m0./s1. The van der Waals surface area contributed by atoms with Crippen LogP contribution in [-0.2, 0) is 12.8 Å². The Morgan fingerprint density at radius 2 is 1.46 bits per heavy atom. The van der Waals surface area contributed by atoms with E-state index in [9.17, 15) is 0 Å². The number of benzene rings is 2. The molecule has 4 rings (SSSR count).